The molecule has 5 heteroatoms. The van der Waals surface area contributed by atoms with E-state index in [4.69, 9.17) is 4.98 Å². The molecule has 0 radical (unpaired) electrons. The Bertz CT molecular complexity index is 990. The Labute approximate surface area is 167 Å². The maximum absolute atomic E-state index is 4.97. The summed E-state index contributed by atoms with van der Waals surface area (Å²) in [7, 11) is 1.94. The summed E-state index contributed by atoms with van der Waals surface area (Å²) >= 11 is 0. The molecule has 4 nitrogen and oxygen atoms in total. The van der Waals surface area contributed by atoms with Crippen molar-refractivity contribution in [2.45, 2.75) is 33.4 Å². The number of halogens is 1. The molecule has 0 saturated heterocycles. The van der Waals surface area contributed by atoms with Gasteiger partial charge in [0, 0.05) is 37.8 Å². The number of rotatable bonds is 4. The molecule has 1 aromatic carbocycles. The van der Waals surface area contributed by atoms with Gasteiger partial charge in [-0.2, -0.15) is 0 Å². The molecule has 3 aromatic rings. The Balaban J connectivity index is 0.00000210. The second-order valence-corrected chi connectivity index (χ2v) is 7.03. The molecule has 0 aliphatic carbocycles. The predicted molar refractivity (Wildman–Crippen MR) is 117 cm³/mol. The zero-order valence-corrected chi connectivity index (χ0v) is 17.1. The zero-order chi connectivity index (χ0) is 18.3. The number of benzene rings is 1. The SMILES string of the molecule is C=CCn1c(C)c(C)c2cc(NC)nc(N3CCc4ccccc4C3)c21.Cl. The lowest BCUT2D eigenvalue weighted by Crippen LogP contribution is -2.31. The molecule has 0 bridgehead atoms. The number of hydrogen-bond donors (Lipinski definition) is 1. The van der Waals surface area contributed by atoms with Crippen LogP contribution in [0.25, 0.3) is 10.9 Å². The highest BCUT2D eigenvalue weighted by atomic mass is 35.5. The van der Waals surface area contributed by atoms with Crippen molar-refractivity contribution in [3.8, 4) is 0 Å². The summed E-state index contributed by atoms with van der Waals surface area (Å²) in [6.07, 6.45) is 3.02. The minimum atomic E-state index is 0. The number of nitrogens with zero attached hydrogens (tertiary/aromatic N) is 3. The second kappa shape index (κ2) is 7.65. The Morgan fingerprint density at radius 2 is 1.96 bits per heavy atom. The number of hydrogen-bond acceptors (Lipinski definition) is 3. The van der Waals surface area contributed by atoms with Crippen molar-refractivity contribution >= 4 is 34.9 Å². The van der Waals surface area contributed by atoms with Gasteiger partial charge in [-0.15, -0.1) is 19.0 Å². The first-order valence-electron chi connectivity index (χ1n) is 9.25. The largest absolute Gasteiger partial charge is 0.373 e. The number of aromatic nitrogens is 2. The van der Waals surface area contributed by atoms with E-state index in [0.29, 0.717) is 0 Å². The lowest BCUT2D eigenvalue weighted by molar-refractivity contribution is 0.719. The third-order valence-electron chi connectivity index (χ3n) is 5.59. The van der Waals surface area contributed by atoms with Gasteiger partial charge in [-0.3, -0.25) is 0 Å². The third-order valence-corrected chi connectivity index (χ3v) is 5.59. The number of allylic oxidation sites excluding steroid dienone is 1. The molecule has 3 heterocycles. The molecule has 1 aliphatic heterocycles. The Hall–Kier alpha value is -2.46. The molecule has 1 N–H and O–H groups in total. The fourth-order valence-electron chi connectivity index (χ4n) is 4.02. The Morgan fingerprint density at radius 3 is 2.67 bits per heavy atom. The van der Waals surface area contributed by atoms with Crippen LogP contribution in [0.5, 0.6) is 0 Å². The molecule has 0 spiro atoms. The first-order valence-corrected chi connectivity index (χ1v) is 9.25. The molecule has 1 aliphatic rings. The van der Waals surface area contributed by atoms with Crippen LogP contribution in [0, 0.1) is 13.8 Å². The van der Waals surface area contributed by atoms with Gasteiger partial charge in [0.2, 0.25) is 0 Å². The van der Waals surface area contributed by atoms with E-state index in [-0.39, 0.29) is 12.4 Å². The van der Waals surface area contributed by atoms with Crippen LogP contribution in [0.15, 0.2) is 43.0 Å². The molecule has 4 rings (SSSR count). The van der Waals surface area contributed by atoms with Crippen LogP contribution in [-0.4, -0.2) is 23.1 Å². The first-order chi connectivity index (χ1) is 12.6. The van der Waals surface area contributed by atoms with Gasteiger partial charge in [-0.1, -0.05) is 30.3 Å². The standard InChI is InChI=1S/C22H26N4.ClH/c1-5-11-26-16(3)15(2)19-13-20(23-4)24-22(21(19)26)25-12-10-17-8-6-7-9-18(17)14-25;/h5-9,13H,1,10-12,14H2,2-4H3,(H,23,24);1H. The van der Waals surface area contributed by atoms with Crippen molar-refractivity contribution in [1.82, 2.24) is 9.55 Å². The summed E-state index contributed by atoms with van der Waals surface area (Å²) in [5, 5.41) is 4.51. The lowest BCUT2D eigenvalue weighted by Gasteiger charge is -2.31. The van der Waals surface area contributed by atoms with Gasteiger partial charge in [0.15, 0.2) is 5.82 Å². The van der Waals surface area contributed by atoms with Gasteiger partial charge in [0.1, 0.15) is 5.82 Å². The van der Waals surface area contributed by atoms with E-state index in [1.165, 1.54) is 33.3 Å². The highest BCUT2D eigenvalue weighted by Crippen LogP contribution is 2.35. The van der Waals surface area contributed by atoms with Gasteiger partial charge < -0.3 is 14.8 Å². The molecular weight excluding hydrogens is 356 g/mol. The summed E-state index contributed by atoms with van der Waals surface area (Å²) in [6.45, 7) is 11.0. The quantitative estimate of drug-likeness (QED) is 0.654. The van der Waals surface area contributed by atoms with Crippen LogP contribution in [0.2, 0.25) is 0 Å². The van der Waals surface area contributed by atoms with E-state index in [9.17, 15) is 0 Å². The van der Waals surface area contributed by atoms with E-state index >= 15 is 0 Å². The Morgan fingerprint density at radius 1 is 1.22 bits per heavy atom. The zero-order valence-electron chi connectivity index (χ0n) is 16.2. The molecule has 0 unspecified atom stereocenters. The fraction of sp³-hybridized carbons (Fsp3) is 0.318. The summed E-state index contributed by atoms with van der Waals surface area (Å²) < 4.78 is 2.35. The number of aryl methyl sites for hydroxylation is 1. The smallest absolute Gasteiger partial charge is 0.155 e. The van der Waals surface area contributed by atoms with Gasteiger partial charge in [-0.25, -0.2) is 4.98 Å². The topological polar surface area (TPSA) is 33.1 Å². The Kier molecular flexibility index (Phi) is 5.47. The molecule has 0 atom stereocenters. The summed E-state index contributed by atoms with van der Waals surface area (Å²) in [5.41, 5.74) is 6.68. The van der Waals surface area contributed by atoms with Crippen molar-refractivity contribution in [2.24, 2.45) is 0 Å². The van der Waals surface area contributed by atoms with Crippen molar-refractivity contribution in [3.05, 3.63) is 65.4 Å². The van der Waals surface area contributed by atoms with E-state index < -0.39 is 0 Å². The second-order valence-electron chi connectivity index (χ2n) is 7.03. The van der Waals surface area contributed by atoms with Gasteiger partial charge in [0.05, 0.1) is 5.52 Å². The number of anilines is 2. The highest BCUT2D eigenvalue weighted by molar-refractivity contribution is 5.95. The third kappa shape index (κ3) is 3.19. The van der Waals surface area contributed by atoms with Crippen LogP contribution < -0.4 is 10.2 Å². The predicted octanol–water partition coefficient (Wildman–Crippen LogP) is 4.87. The molecule has 0 saturated carbocycles. The molecular formula is C22H27ClN4. The van der Waals surface area contributed by atoms with E-state index in [1.54, 1.807) is 0 Å². The molecule has 27 heavy (non-hydrogen) atoms. The number of nitrogens with one attached hydrogen (secondary N) is 1. The highest BCUT2D eigenvalue weighted by Gasteiger charge is 2.23. The van der Waals surface area contributed by atoms with E-state index in [0.717, 1.165) is 37.7 Å². The average molecular weight is 383 g/mol. The van der Waals surface area contributed by atoms with Gasteiger partial charge >= 0.3 is 0 Å². The van der Waals surface area contributed by atoms with Crippen LogP contribution >= 0.6 is 12.4 Å². The first kappa shape index (κ1) is 19.3. The van der Waals surface area contributed by atoms with Gasteiger partial charge in [-0.05, 0) is 43.0 Å². The van der Waals surface area contributed by atoms with E-state index in [2.05, 4.69) is 65.5 Å². The molecule has 142 valence electrons. The van der Waals surface area contributed by atoms with Crippen molar-refractivity contribution < 1.29 is 0 Å². The molecule has 0 amide bonds. The molecule has 0 fully saturated rings. The van der Waals surface area contributed by atoms with Crippen molar-refractivity contribution in [2.75, 3.05) is 23.8 Å². The van der Waals surface area contributed by atoms with Crippen molar-refractivity contribution in [3.63, 3.8) is 0 Å². The average Bonchev–Trinajstić information content (AvgIpc) is 2.92. The van der Waals surface area contributed by atoms with Gasteiger partial charge in [0.25, 0.3) is 0 Å². The minimum Gasteiger partial charge on any atom is -0.373 e. The number of pyridine rings is 1. The van der Waals surface area contributed by atoms with E-state index in [1.807, 2.05) is 13.1 Å². The maximum atomic E-state index is 4.97. The van der Waals surface area contributed by atoms with Crippen LogP contribution in [0.3, 0.4) is 0 Å². The monoisotopic (exact) mass is 382 g/mol. The normalized spacial score (nSPS) is 13.2. The molecule has 2 aromatic heterocycles. The van der Waals surface area contributed by atoms with Crippen LogP contribution in [-0.2, 0) is 19.5 Å². The summed E-state index contributed by atoms with van der Waals surface area (Å²) in [4.78, 5) is 7.39. The van der Waals surface area contributed by atoms with Crippen molar-refractivity contribution in [1.29, 1.82) is 0 Å². The minimum absolute atomic E-state index is 0. The maximum Gasteiger partial charge on any atom is 0.155 e. The summed E-state index contributed by atoms with van der Waals surface area (Å²) in [6, 6.07) is 10.9. The van der Waals surface area contributed by atoms with Crippen LogP contribution in [0.1, 0.15) is 22.4 Å². The number of fused-ring (bicyclic) bond motifs is 2. The van der Waals surface area contributed by atoms with Crippen LogP contribution in [0.4, 0.5) is 11.6 Å². The summed E-state index contributed by atoms with van der Waals surface area (Å²) in [5.74, 6) is 1.99. The fourth-order valence-corrected chi connectivity index (χ4v) is 4.02. The lowest BCUT2D eigenvalue weighted by atomic mass is 10.00.